The molecule has 1 aromatic heterocycles. The molecule has 1 aromatic carbocycles. The van der Waals surface area contributed by atoms with Gasteiger partial charge in [0.2, 0.25) is 5.91 Å². The number of benzene rings is 1. The van der Waals surface area contributed by atoms with Crippen LogP contribution in [0.25, 0.3) is 5.69 Å². The number of hydrogen-bond donors (Lipinski definition) is 2. The van der Waals surface area contributed by atoms with Crippen LogP contribution in [0.3, 0.4) is 0 Å². The molecule has 1 amide bonds. The number of nitrogens with zero attached hydrogens (tertiary/aromatic N) is 4. The second-order valence-electron chi connectivity index (χ2n) is 7.28. The van der Waals surface area contributed by atoms with Gasteiger partial charge in [0.1, 0.15) is 0 Å². The fourth-order valence-electron chi connectivity index (χ4n) is 3.44. The molecule has 3 rings (SSSR count). The standard InChI is InChI=1S/C22H32N6O/c1-2-23-22(24-13-6-16-27-15-5-3-4-8-21(27)29)25-18-19-9-11-20(12-10-19)28-17-7-14-26-28/h7,9-12,14,17H,2-6,8,13,15-16,18H2,1H3,(H2,23,24,25). The lowest BCUT2D eigenvalue weighted by Crippen LogP contribution is -2.39. The monoisotopic (exact) mass is 396 g/mol. The molecule has 1 aliphatic rings. The molecule has 7 nitrogen and oxygen atoms in total. The fourth-order valence-corrected chi connectivity index (χ4v) is 3.44. The maximum absolute atomic E-state index is 12.1. The predicted octanol–water partition coefficient (Wildman–Crippen LogP) is 2.72. The lowest BCUT2D eigenvalue weighted by Gasteiger charge is -2.20. The smallest absolute Gasteiger partial charge is 0.222 e. The summed E-state index contributed by atoms with van der Waals surface area (Å²) in [6.45, 7) is 6.01. The molecule has 0 spiro atoms. The molecule has 1 fully saturated rings. The van der Waals surface area contributed by atoms with Crippen molar-refractivity contribution >= 4 is 11.9 Å². The van der Waals surface area contributed by atoms with Crippen molar-refractivity contribution in [1.82, 2.24) is 25.3 Å². The van der Waals surface area contributed by atoms with E-state index < -0.39 is 0 Å². The highest BCUT2D eigenvalue weighted by atomic mass is 16.2. The van der Waals surface area contributed by atoms with Gasteiger partial charge in [0, 0.05) is 45.0 Å². The number of aromatic nitrogens is 2. The highest BCUT2D eigenvalue weighted by Gasteiger charge is 2.15. The van der Waals surface area contributed by atoms with Gasteiger partial charge in [-0.15, -0.1) is 0 Å². The number of rotatable bonds is 8. The van der Waals surface area contributed by atoms with Gasteiger partial charge in [0.15, 0.2) is 5.96 Å². The van der Waals surface area contributed by atoms with Crippen molar-refractivity contribution in [1.29, 1.82) is 0 Å². The van der Waals surface area contributed by atoms with E-state index in [1.165, 1.54) is 6.42 Å². The quantitative estimate of drug-likeness (QED) is 0.409. The van der Waals surface area contributed by atoms with Crippen LogP contribution in [0.4, 0.5) is 0 Å². The van der Waals surface area contributed by atoms with Gasteiger partial charge in [0.25, 0.3) is 0 Å². The van der Waals surface area contributed by atoms with Gasteiger partial charge >= 0.3 is 0 Å². The Morgan fingerprint density at radius 1 is 1.17 bits per heavy atom. The summed E-state index contributed by atoms with van der Waals surface area (Å²) in [5.41, 5.74) is 2.18. The van der Waals surface area contributed by atoms with E-state index in [1.807, 2.05) is 21.8 Å². The average Bonchev–Trinajstić information content (AvgIpc) is 3.20. The van der Waals surface area contributed by atoms with Crippen molar-refractivity contribution < 1.29 is 4.79 Å². The minimum atomic E-state index is 0.307. The van der Waals surface area contributed by atoms with E-state index in [9.17, 15) is 4.79 Å². The van der Waals surface area contributed by atoms with Crippen molar-refractivity contribution in [3.05, 3.63) is 48.3 Å². The molecule has 0 aliphatic carbocycles. The maximum Gasteiger partial charge on any atom is 0.222 e. The molecule has 2 N–H and O–H groups in total. The van der Waals surface area contributed by atoms with Crippen LogP contribution >= 0.6 is 0 Å². The summed E-state index contributed by atoms with van der Waals surface area (Å²) < 4.78 is 1.84. The highest BCUT2D eigenvalue weighted by molar-refractivity contribution is 5.79. The zero-order valence-corrected chi connectivity index (χ0v) is 17.3. The van der Waals surface area contributed by atoms with Crippen LogP contribution in [0.1, 0.15) is 44.6 Å². The SMILES string of the molecule is CCNC(=NCc1ccc(-n2cccn2)cc1)NCCCN1CCCCCC1=O. The first-order valence-corrected chi connectivity index (χ1v) is 10.6. The van der Waals surface area contributed by atoms with Crippen molar-refractivity contribution in [2.75, 3.05) is 26.2 Å². The maximum atomic E-state index is 12.1. The van der Waals surface area contributed by atoms with Crippen LogP contribution in [0, 0.1) is 0 Å². The van der Waals surface area contributed by atoms with Crippen molar-refractivity contribution in [2.45, 2.75) is 45.6 Å². The minimum absolute atomic E-state index is 0.307. The summed E-state index contributed by atoms with van der Waals surface area (Å²) in [5.74, 6) is 1.12. The number of aliphatic imine (C=N–C) groups is 1. The molecule has 29 heavy (non-hydrogen) atoms. The summed E-state index contributed by atoms with van der Waals surface area (Å²) in [6, 6.07) is 10.2. The van der Waals surface area contributed by atoms with Gasteiger partial charge in [-0.25, -0.2) is 9.67 Å². The van der Waals surface area contributed by atoms with Gasteiger partial charge in [-0.1, -0.05) is 18.6 Å². The summed E-state index contributed by atoms with van der Waals surface area (Å²) in [4.78, 5) is 18.8. The van der Waals surface area contributed by atoms with Crippen molar-refractivity contribution in [3.63, 3.8) is 0 Å². The molecule has 2 aromatic rings. The van der Waals surface area contributed by atoms with Crippen LogP contribution in [0.15, 0.2) is 47.7 Å². The average molecular weight is 397 g/mol. The number of carbonyl (C=O) groups excluding carboxylic acids is 1. The second-order valence-corrected chi connectivity index (χ2v) is 7.28. The number of nitrogens with one attached hydrogen (secondary N) is 2. The van der Waals surface area contributed by atoms with Crippen LogP contribution < -0.4 is 10.6 Å². The van der Waals surface area contributed by atoms with E-state index in [0.717, 1.165) is 62.7 Å². The van der Waals surface area contributed by atoms with E-state index in [1.54, 1.807) is 6.20 Å². The lowest BCUT2D eigenvalue weighted by molar-refractivity contribution is -0.130. The third-order valence-corrected chi connectivity index (χ3v) is 5.04. The lowest BCUT2D eigenvalue weighted by atomic mass is 10.2. The molecule has 0 radical (unpaired) electrons. The summed E-state index contributed by atoms with van der Waals surface area (Å²) in [6.07, 6.45) is 8.66. The Kier molecular flexibility index (Phi) is 8.10. The molecule has 156 valence electrons. The van der Waals surface area contributed by atoms with E-state index in [-0.39, 0.29) is 0 Å². The molecule has 0 saturated carbocycles. The third kappa shape index (κ3) is 6.62. The first-order chi connectivity index (χ1) is 14.3. The van der Waals surface area contributed by atoms with Gasteiger partial charge in [-0.05, 0) is 49.9 Å². The number of amides is 1. The van der Waals surface area contributed by atoms with Crippen molar-refractivity contribution in [3.8, 4) is 5.69 Å². The Morgan fingerprint density at radius 3 is 2.79 bits per heavy atom. The van der Waals surface area contributed by atoms with Crippen LogP contribution in [0.5, 0.6) is 0 Å². The number of hydrogen-bond acceptors (Lipinski definition) is 3. The minimum Gasteiger partial charge on any atom is -0.357 e. The van der Waals surface area contributed by atoms with Gasteiger partial charge in [-0.2, -0.15) is 5.10 Å². The highest BCUT2D eigenvalue weighted by Crippen LogP contribution is 2.11. The van der Waals surface area contributed by atoms with E-state index >= 15 is 0 Å². The van der Waals surface area contributed by atoms with Crippen LogP contribution in [-0.2, 0) is 11.3 Å². The fraction of sp³-hybridized carbons (Fsp3) is 0.500. The first kappa shape index (κ1) is 20.9. The molecule has 2 heterocycles. The zero-order chi connectivity index (χ0) is 20.3. The Labute approximate surface area is 173 Å². The molecule has 7 heteroatoms. The van der Waals surface area contributed by atoms with Gasteiger partial charge in [-0.3, -0.25) is 4.79 Å². The molecule has 1 saturated heterocycles. The summed E-state index contributed by atoms with van der Waals surface area (Å²) >= 11 is 0. The van der Waals surface area contributed by atoms with E-state index in [4.69, 9.17) is 0 Å². The molecular weight excluding hydrogens is 364 g/mol. The van der Waals surface area contributed by atoms with Gasteiger partial charge < -0.3 is 15.5 Å². The second kappa shape index (κ2) is 11.2. The number of guanidine groups is 1. The normalized spacial score (nSPS) is 15.3. The van der Waals surface area contributed by atoms with E-state index in [2.05, 4.69) is 51.9 Å². The number of likely N-dealkylation sites (tertiary alicyclic amines) is 1. The predicted molar refractivity (Wildman–Crippen MR) is 116 cm³/mol. The molecule has 0 bridgehead atoms. The third-order valence-electron chi connectivity index (χ3n) is 5.04. The first-order valence-electron chi connectivity index (χ1n) is 10.6. The van der Waals surface area contributed by atoms with Crippen molar-refractivity contribution in [2.24, 2.45) is 4.99 Å². The van der Waals surface area contributed by atoms with Crippen LogP contribution in [-0.4, -0.2) is 52.7 Å². The van der Waals surface area contributed by atoms with Gasteiger partial charge in [0.05, 0.1) is 12.2 Å². The Morgan fingerprint density at radius 2 is 2.03 bits per heavy atom. The summed E-state index contributed by atoms with van der Waals surface area (Å²) in [5, 5.41) is 10.9. The molecule has 1 aliphatic heterocycles. The molecular formula is C22H32N6O. The molecule has 0 atom stereocenters. The van der Waals surface area contributed by atoms with E-state index in [0.29, 0.717) is 18.9 Å². The largest absolute Gasteiger partial charge is 0.357 e. The Hall–Kier alpha value is -2.83. The topological polar surface area (TPSA) is 74.6 Å². The number of carbonyl (C=O) groups is 1. The zero-order valence-electron chi connectivity index (χ0n) is 17.3. The Balaban J connectivity index is 1.46. The molecule has 0 unspecified atom stereocenters. The van der Waals surface area contributed by atoms with Crippen LogP contribution in [0.2, 0.25) is 0 Å². The summed E-state index contributed by atoms with van der Waals surface area (Å²) in [7, 11) is 0. The Bertz CT molecular complexity index is 769.